The minimum absolute atomic E-state index is 0.412. The molecule has 1 unspecified atom stereocenters. The third kappa shape index (κ3) is 0.809. The van der Waals surface area contributed by atoms with Crippen molar-refractivity contribution in [3.05, 3.63) is 35.8 Å². The summed E-state index contributed by atoms with van der Waals surface area (Å²) in [5.41, 5.74) is 2.71. The number of rotatable bonds is 0. The van der Waals surface area contributed by atoms with E-state index < -0.39 is 0 Å². The summed E-state index contributed by atoms with van der Waals surface area (Å²) in [7, 11) is 2.13. The minimum atomic E-state index is 0.412. The van der Waals surface area contributed by atoms with Crippen molar-refractivity contribution < 1.29 is 0 Å². The van der Waals surface area contributed by atoms with Crippen LogP contribution in [0.2, 0.25) is 0 Å². The second-order valence-electron chi connectivity index (χ2n) is 3.33. The first-order chi connectivity index (χ1) is 5.72. The van der Waals surface area contributed by atoms with Crippen LogP contribution in [0.15, 0.2) is 35.8 Å². The molecule has 0 radical (unpaired) electrons. The highest BCUT2D eigenvalue weighted by atomic mass is 15.4. The predicted octanol–water partition coefficient (Wildman–Crippen LogP) is 1.89. The molecule has 0 bridgehead atoms. The number of hydrogen-bond donors (Lipinski definition) is 0. The van der Waals surface area contributed by atoms with Crippen molar-refractivity contribution in [1.82, 2.24) is 9.80 Å². The molecule has 0 N–H and O–H groups in total. The number of nitrogens with zero attached hydrogens (tertiary/aromatic N) is 2. The zero-order chi connectivity index (χ0) is 8.72. The molecule has 0 spiro atoms. The normalized spacial score (nSPS) is 27.1. The van der Waals surface area contributed by atoms with Crippen LogP contribution in [0, 0.1) is 0 Å². The predicted molar refractivity (Wildman–Crippen MR) is 50.0 cm³/mol. The highest BCUT2D eigenvalue weighted by Crippen LogP contribution is 2.29. The smallest absolute Gasteiger partial charge is 0.124 e. The van der Waals surface area contributed by atoms with Gasteiger partial charge in [-0.3, -0.25) is 0 Å². The van der Waals surface area contributed by atoms with Crippen LogP contribution < -0.4 is 0 Å². The maximum atomic E-state index is 2.29. The van der Waals surface area contributed by atoms with Crippen molar-refractivity contribution in [3.8, 4) is 0 Å². The van der Waals surface area contributed by atoms with E-state index in [1.165, 1.54) is 11.4 Å². The van der Waals surface area contributed by atoms with E-state index in [1.54, 1.807) is 0 Å². The van der Waals surface area contributed by atoms with Crippen LogP contribution in [0.25, 0.3) is 0 Å². The summed E-state index contributed by atoms with van der Waals surface area (Å²) in [5, 5.41) is 0. The van der Waals surface area contributed by atoms with Crippen LogP contribution in [0.1, 0.15) is 13.8 Å². The molecule has 12 heavy (non-hydrogen) atoms. The lowest BCUT2D eigenvalue weighted by Gasteiger charge is -2.28. The van der Waals surface area contributed by atoms with Gasteiger partial charge in [0.2, 0.25) is 0 Å². The summed E-state index contributed by atoms with van der Waals surface area (Å²) < 4.78 is 0. The molecule has 2 heteroatoms. The van der Waals surface area contributed by atoms with E-state index in [-0.39, 0.29) is 0 Å². The zero-order valence-corrected chi connectivity index (χ0v) is 7.78. The second kappa shape index (κ2) is 2.41. The molecule has 2 rings (SSSR count). The van der Waals surface area contributed by atoms with E-state index in [1.807, 2.05) is 0 Å². The van der Waals surface area contributed by atoms with Crippen LogP contribution in [-0.2, 0) is 0 Å². The molecule has 2 heterocycles. The van der Waals surface area contributed by atoms with Gasteiger partial charge in [0.1, 0.15) is 6.17 Å². The third-order valence-corrected chi connectivity index (χ3v) is 2.76. The van der Waals surface area contributed by atoms with Crippen LogP contribution in [0.3, 0.4) is 0 Å². The van der Waals surface area contributed by atoms with Crippen molar-refractivity contribution in [2.24, 2.45) is 0 Å². The molecule has 2 nitrogen and oxygen atoms in total. The lowest BCUT2D eigenvalue weighted by molar-refractivity contribution is 0.257. The lowest BCUT2D eigenvalue weighted by Crippen LogP contribution is -2.34. The van der Waals surface area contributed by atoms with Crippen LogP contribution >= 0.6 is 0 Å². The van der Waals surface area contributed by atoms with Crippen molar-refractivity contribution in [3.63, 3.8) is 0 Å². The van der Waals surface area contributed by atoms with Gasteiger partial charge >= 0.3 is 0 Å². The van der Waals surface area contributed by atoms with Gasteiger partial charge in [-0.15, -0.1) is 0 Å². The molecule has 64 valence electrons. The highest BCUT2D eigenvalue weighted by Gasteiger charge is 2.28. The fraction of sp³-hybridized carbons (Fsp3) is 0.400. The van der Waals surface area contributed by atoms with E-state index >= 15 is 0 Å². The maximum Gasteiger partial charge on any atom is 0.124 e. The average molecular weight is 162 g/mol. The Morgan fingerprint density at radius 1 is 1.17 bits per heavy atom. The van der Waals surface area contributed by atoms with Gasteiger partial charge in [-0.2, -0.15) is 0 Å². The summed E-state index contributed by atoms with van der Waals surface area (Å²) in [4.78, 5) is 4.57. The Hall–Kier alpha value is -1.18. The van der Waals surface area contributed by atoms with E-state index in [9.17, 15) is 0 Å². The van der Waals surface area contributed by atoms with Crippen LogP contribution in [-0.4, -0.2) is 23.0 Å². The summed E-state index contributed by atoms with van der Waals surface area (Å²) in [6, 6.07) is 0. The van der Waals surface area contributed by atoms with E-state index in [4.69, 9.17) is 0 Å². The van der Waals surface area contributed by atoms with Crippen LogP contribution in [0.4, 0.5) is 0 Å². The lowest BCUT2D eigenvalue weighted by atomic mass is 10.3. The van der Waals surface area contributed by atoms with Gasteiger partial charge in [-0.05, 0) is 26.0 Å². The third-order valence-electron chi connectivity index (χ3n) is 2.76. The van der Waals surface area contributed by atoms with Crippen molar-refractivity contribution in [1.29, 1.82) is 0 Å². The van der Waals surface area contributed by atoms with Gasteiger partial charge in [0.05, 0.1) is 0 Å². The monoisotopic (exact) mass is 162 g/mol. The van der Waals surface area contributed by atoms with Gasteiger partial charge in [0.25, 0.3) is 0 Å². The molecular formula is C10H14N2. The molecule has 1 atom stereocenters. The van der Waals surface area contributed by atoms with Crippen molar-refractivity contribution in [2.75, 3.05) is 7.05 Å². The van der Waals surface area contributed by atoms with Gasteiger partial charge in [0.15, 0.2) is 0 Å². The quantitative estimate of drug-likeness (QED) is 0.536. The first-order valence-corrected chi connectivity index (χ1v) is 4.25. The SMILES string of the molecule is CC1=C(C)N2C=CC=CC2N1C. The van der Waals surface area contributed by atoms with E-state index in [2.05, 4.69) is 55.1 Å². The largest absolute Gasteiger partial charge is 0.353 e. The standard InChI is InChI=1S/C10H14N2/c1-8-9(2)12-7-5-4-6-10(12)11(8)3/h4-7,10H,1-3H3. The molecule has 0 saturated heterocycles. The highest BCUT2D eigenvalue weighted by molar-refractivity contribution is 5.27. The van der Waals surface area contributed by atoms with Crippen molar-refractivity contribution >= 4 is 0 Å². The summed E-state index contributed by atoms with van der Waals surface area (Å²) in [5.74, 6) is 0. The second-order valence-corrected chi connectivity index (χ2v) is 3.33. The first kappa shape index (κ1) is 7.47. The van der Waals surface area contributed by atoms with Gasteiger partial charge in [-0.1, -0.05) is 6.08 Å². The molecule has 0 aliphatic carbocycles. The molecule has 0 aromatic carbocycles. The fourth-order valence-corrected chi connectivity index (χ4v) is 1.75. The van der Waals surface area contributed by atoms with Gasteiger partial charge in [-0.25, -0.2) is 0 Å². The molecule has 0 fully saturated rings. The zero-order valence-electron chi connectivity index (χ0n) is 7.78. The van der Waals surface area contributed by atoms with Crippen LogP contribution in [0.5, 0.6) is 0 Å². The molecular weight excluding hydrogens is 148 g/mol. The van der Waals surface area contributed by atoms with Crippen molar-refractivity contribution in [2.45, 2.75) is 20.0 Å². The number of allylic oxidation sites excluding steroid dienone is 4. The number of hydrogen-bond acceptors (Lipinski definition) is 2. The Bertz CT molecular complexity index is 286. The number of likely N-dealkylation sites (N-methyl/N-ethyl adjacent to an activating group) is 1. The van der Waals surface area contributed by atoms with Gasteiger partial charge < -0.3 is 9.80 Å². The molecule has 2 aliphatic rings. The maximum absolute atomic E-state index is 2.29. The Morgan fingerprint density at radius 3 is 2.58 bits per heavy atom. The molecule has 0 aromatic heterocycles. The summed E-state index contributed by atoms with van der Waals surface area (Å²) in [6.07, 6.45) is 8.93. The topological polar surface area (TPSA) is 6.48 Å². The molecule has 0 amide bonds. The average Bonchev–Trinajstić information content (AvgIpc) is 2.33. The van der Waals surface area contributed by atoms with Gasteiger partial charge in [0, 0.05) is 24.6 Å². The minimum Gasteiger partial charge on any atom is -0.353 e. The fourth-order valence-electron chi connectivity index (χ4n) is 1.75. The Morgan fingerprint density at radius 2 is 1.92 bits per heavy atom. The summed E-state index contributed by atoms with van der Waals surface area (Å²) in [6.45, 7) is 4.32. The Balaban J connectivity index is 2.38. The molecule has 0 aromatic rings. The Kier molecular flexibility index (Phi) is 1.50. The number of fused-ring (bicyclic) bond motifs is 1. The Labute approximate surface area is 73.5 Å². The molecule has 2 aliphatic heterocycles. The summed E-state index contributed by atoms with van der Waals surface area (Å²) >= 11 is 0. The molecule has 0 saturated carbocycles. The van der Waals surface area contributed by atoms with E-state index in [0.717, 1.165) is 0 Å². The van der Waals surface area contributed by atoms with E-state index in [0.29, 0.717) is 6.17 Å². The first-order valence-electron chi connectivity index (χ1n) is 4.25.